The molecule has 0 aliphatic heterocycles. The minimum absolute atomic E-state index is 0.306. The number of hydrogen-bond acceptors (Lipinski definition) is 2. The highest BCUT2D eigenvalue weighted by Crippen LogP contribution is 2.35. The first-order valence-corrected chi connectivity index (χ1v) is 9.07. The van der Waals surface area contributed by atoms with E-state index in [0.29, 0.717) is 11.7 Å². The summed E-state index contributed by atoms with van der Waals surface area (Å²) < 4.78 is 0. The van der Waals surface area contributed by atoms with Gasteiger partial charge < -0.3 is 10.0 Å². The van der Waals surface area contributed by atoms with E-state index in [-0.39, 0.29) is 0 Å². The van der Waals surface area contributed by atoms with Gasteiger partial charge in [-0.25, -0.2) is 0 Å². The van der Waals surface area contributed by atoms with E-state index in [9.17, 15) is 5.11 Å². The molecule has 0 fully saturated rings. The molecule has 2 nitrogen and oxygen atoms in total. The molecule has 2 rings (SSSR count). The van der Waals surface area contributed by atoms with Crippen LogP contribution in [0.25, 0.3) is 10.8 Å². The van der Waals surface area contributed by atoms with Gasteiger partial charge in [0, 0.05) is 24.2 Å². The first-order chi connectivity index (χ1) is 11.8. The molecular weight excluding hydrogens is 306 g/mol. The van der Waals surface area contributed by atoms with E-state index in [1.807, 2.05) is 6.07 Å². The number of phenols is 1. The van der Waals surface area contributed by atoms with Gasteiger partial charge in [-0.05, 0) is 62.8 Å². The first kappa shape index (κ1) is 19.1. The zero-order valence-corrected chi connectivity index (χ0v) is 16.4. The zero-order valence-electron chi connectivity index (χ0n) is 16.4. The number of phenolic OH excluding ortho intramolecular Hbond substituents is 1. The highest BCUT2D eigenvalue weighted by atomic mass is 16.3. The van der Waals surface area contributed by atoms with Gasteiger partial charge in [-0.1, -0.05) is 49.3 Å². The van der Waals surface area contributed by atoms with E-state index in [2.05, 4.69) is 82.9 Å². The molecule has 134 valence electrons. The summed E-state index contributed by atoms with van der Waals surface area (Å²) in [4.78, 5) is 2.36. The van der Waals surface area contributed by atoms with Crippen molar-refractivity contribution in [3.8, 4) is 5.75 Å². The largest absolute Gasteiger partial charge is 0.508 e. The van der Waals surface area contributed by atoms with Crippen LogP contribution in [0, 0.1) is 0 Å². The lowest BCUT2D eigenvalue weighted by atomic mass is 9.97. The molecule has 1 N–H and O–H groups in total. The summed E-state index contributed by atoms with van der Waals surface area (Å²) in [7, 11) is 0. The predicted molar refractivity (Wildman–Crippen MR) is 111 cm³/mol. The third-order valence-corrected chi connectivity index (χ3v) is 4.41. The average molecular weight is 338 g/mol. The summed E-state index contributed by atoms with van der Waals surface area (Å²) in [5.74, 6) is 0.694. The summed E-state index contributed by atoms with van der Waals surface area (Å²) in [6.45, 7) is 14.5. The van der Waals surface area contributed by atoms with E-state index in [1.165, 1.54) is 16.5 Å². The van der Waals surface area contributed by atoms with Crippen molar-refractivity contribution in [3.63, 3.8) is 0 Å². The minimum atomic E-state index is 0.306. The molecule has 0 heterocycles. The number of aromatic hydroxyl groups is 1. The SMILES string of the molecule is CC(C)=CCN(CC=C(C)C)c1cccc2cc(C(C)C)c(O)cc12. The van der Waals surface area contributed by atoms with Gasteiger partial charge in [0.05, 0.1) is 0 Å². The molecule has 2 aromatic rings. The quantitative estimate of drug-likeness (QED) is 0.616. The third kappa shape index (κ3) is 4.88. The third-order valence-electron chi connectivity index (χ3n) is 4.41. The van der Waals surface area contributed by atoms with Gasteiger partial charge in [-0.3, -0.25) is 0 Å². The van der Waals surface area contributed by atoms with Crippen molar-refractivity contribution in [3.05, 3.63) is 59.2 Å². The van der Waals surface area contributed by atoms with Gasteiger partial charge in [0.25, 0.3) is 0 Å². The van der Waals surface area contributed by atoms with E-state index in [0.717, 1.165) is 29.7 Å². The van der Waals surface area contributed by atoms with Crippen LogP contribution in [0.2, 0.25) is 0 Å². The fourth-order valence-electron chi connectivity index (χ4n) is 2.91. The topological polar surface area (TPSA) is 23.5 Å². The number of benzene rings is 2. The molecule has 0 spiro atoms. The van der Waals surface area contributed by atoms with Crippen LogP contribution in [-0.4, -0.2) is 18.2 Å². The Labute approximate surface area is 152 Å². The van der Waals surface area contributed by atoms with Gasteiger partial charge in [0.2, 0.25) is 0 Å². The predicted octanol–water partition coefficient (Wildman–Crippen LogP) is 6.41. The highest BCUT2D eigenvalue weighted by Gasteiger charge is 2.13. The van der Waals surface area contributed by atoms with Crippen LogP contribution < -0.4 is 4.90 Å². The van der Waals surface area contributed by atoms with E-state index < -0.39 is 0 Å². The molecule has 0 aliphatic rings. The number of fused-ring (bicyclic) bond motifs is 1. The number of nitrogens with zero attached hydrogens (tertiary/aromatic N) is 1. The van der Waals surface area contributed by atoms with Gasteiger partial charge >= 0.3 is 0 Å². The van der Waals surface area contributed by atoms with Crippen molar-refractivity contribution in [2.24, 2.45) is 0 Å². The molecule has 0 amide bonds. The van der Waals surface area contributed by atoms with Crippen LogP contribution in [0.3, 0.4) is 0 Å². The molecule has 0 saturated carbocycles. The van der Waals surface area contributed by atoms with Gasteiger partial charge in [-0.15, -0.1) is 0 Å². The van der Waals surface area contributed by atoms with Gasteiger partial charge in [0.15, 0.2) is 0 Å². The van der Waals surface area contributed by atoms with E-state index >= 15 is 0 Å². The Balaban J connectivity index is 2.55. The lowest BCUT2D eigenvalue weighted by molar-refractivity contribution is 0.466. The molecule has 25 heavy (non-hydrogen) atoms. The molecule has 2 heteroatoms. The van der Waals surface area contributed by atoms with E-state index in [1.54, 1.807) is 0 Å². The van der Waals surface area contributed by atoms with Crippen LogP contribution in [0.15, 0.2) is 53.6 Å². The average Bonchev–Trinajstić information content (AvgIpc) is 2.53. The maximum atomic E-state index is 10.5. The Bertz CT molecular complexity index is 771. The molecule has 0 saturated heterocycles. The molecule has 0 radical (unpaired) electrons. The second kappa shape index (κ2) is 8.24. The Morgan fingerprint density at radius 3 is 2.12 bits per heavy atom. The minimum Gasteiger partial charge on any atom is -0.508 e. The molecule has 0 aromatic heterocycles. The standard InChI is InChI=1S/C23H31NO/c1-16(2)10-12-24(13-11-17(3)4)22-9-7-8-19-14-20(18(5)6)23(25)15-21(19)22/h7-11,14-15,18,25H,12-13H2,1-6H3. The lowest BCUT2D eigenvalue weighted by Gasteiger charge is -2.25. The van der Waals surface area contributed by atoms with Gasteiger partial charge in [0.1, 0.15) is 5.75 Å². The van der Waals surface area contributed by atoms with Crippen molar-refractivity contribution in [1.29, 1.82) is 0 Å². The summed E-state index contributed by atoms with van der Waals surface area (Å²) in [6.07, 6.45) is 4.50. The van der Waals surface area contributed by atoms with Crippen molar-refractivity contribution in [2.45, 2.75) is 47.5 Å². The highest BCUT2D eigenvalue weighted by molar-refractivity contribution is 5.96. The van der Waals surface area contributed by atoms with Crippen LogP contribution in [0.5, 0.6) is 5.75 Å². The second-order valence-electron chi connectivity index (χ2n) is 7.53. The maximum absolute atomic E-state index is 10.5. The molecular formula is C23H31NO. The first-order valence-electron chi connectivity index (χ1n) is 9.07. The van der Waals surface area contributed by atoms with Gasteiger partial charge in [-0.2, -0.15) is 0 Å². The number of rotatable bonds is 6. The summed E-state index contributed by atoms with van der Waals surface area (Å²) >= 11 is 0. The van der Waals surface area contributed by atoms with E-state index in [4.69, 9.17) is 0 Å². The Morgan fingerprint density at radius 2 is 1.60 bits per heavy atom. The monoisotopic (exact) mass is 337 g/mol. The summed E-state index contributed by atoms with van der Waals surface area (Å²) in [5, 5.41) is 12.8. The molecule has 0 aliphatic carbocycles. The fourth-order valence-corrected chi connectivity index (χ4v) is 2.91. The second-order valence-corrected chi connectivity index (χ2v) is 7.53. The molecule has 2 aromatic carbocycles. The molecule has 0 unspecified atom stereocenters. The van der Waals surface area contributed by atoms with Crippen LogP contribution in [-0.2, 0) is 0 Å². The van der Waals surface area contributed by atoms with Crippen molar-refractivity contribution >= 4 is 16.5 Å². The van der Waals surface area contributed by atoms with Crippen LogP contribution >= 0.6 is 0 Å². The normalized spacial score (nSPS) is 10.8. The van der Waals surface area contributed by atoms with Crippen molar-refractivity contribution in [1.82, 2.24) is 0 Å². The number of hydrogen-bond donors (Lipinski definition) is 1. The van der Waals surface area contributed by atoms with Crippen molar-refractivity contribution in [2.75, 3.05) is 18.0 Å². The Hall–Kier alpha value is -2.22. The number of allylic oxidation sites excluding steroid dienone is 2. The summed E-state index contributed by atoms with van der Waals surface area (Å²) in [6, 6.07) is 10.4. The molecule has 0 atom stereocenters. The van der Waals surface area contributed by atoms with Crippen LogP contribution in [0.4, 0.5) is 5.69 Å². The smallest absolute Gasteiger partial charge is 0.119 e. The fraction of sp³-hybridized carbons (Fsp3) is 0.391. The lowest BCUT2D eigenvalue weighted by Crippen LogP contribution is -2.24. The summed E-state index contributed by atoms with van der Waals surface area (Å²) in [5.41, 5.74) is 4.79. The zero-order chi connectivity index (χ0) is 18.6. The molecule has 0 bridgehead atoms. The number of anilines is 1. The Kier molecular flexibility index (Phi) is 6.30. The Morgan fingerprint density at radius 1 is 1.00 bits per heavy atom. The maximum Gasteiger partial charge on any atom is 0.119 e. The van der Waals surface area contributed by atoms with Crippen molar-refractivity contribution < 1.29 is 5.11 Å². The van der Waals surface area contributed by atoms with Crippen LogP contribution in [0.1, 0.15) is 53.0 Å².